The highest BCUT2D eigenvalue weighted by Gasteiger charge is 2.07. The predicted octanol–water partition coefficient (Wildman–Crippen LogP) is 2.73. The topological polar surface area (TPSA) is 51.0 Å². The molecule has 0 aliphatic carbocycles. The first-order valence-electron chi connectivity index (χ1n) is 6.93. The highest BCUT2D eigenvalue weighted by molar-refractivity contribution is 5.19. The maximum Gasteiger partial charge on any atom is 0.226 e. The Bertz CT molecular complexity index is 539. The molecule has 0 unspecified atom stereocenters. The summed E-state index contributed by atoms with van der Waals surface area (Å²) in [6.45, 7) is 5.16. The van der Waals surface area contributed by atoms with Crippen molar-refractivity contribution in [3.05, 3.63) is 47.4 Å². The van der Waals surface area contributed by atoms with Gasteiger partial charge in [-0.25, -0.2) is 4.39 Å². The fourth-order valence-electron chi connectivity index (χ4n) is 1.92. The Kier molecular flexibility index (Phi) is 5.24. The summed E-state index contributed by atoms with van der Waals surface area (Å²) in [5, 5.41) is 7.26. The molecule has 0 amide bonds. The predicted molar refractivity (Wildman–Crippen MR) is 75.0 cm³/mol. The fraction of sp³-hybridized carbons (Fsp3) is 0.467. The van der Waals surface area contributed by atoms with Crippen LogP contribution in [0.3, 0.4) is 0 Å². The Labute approximate surface area is 118 Å². The second kappa shape index (κ2) is 7.14. The molecule has 20 heavy (non-hydrogen) atoms. The maximum atomic E-state index is 13.1. The number of aryl methyl sites for hydroxylation is 1. The van der Waals surface area contributed by atoms with E-state index in [9.17, 15) is 4.39 Å². The molecule has 0 aliphatic rings. The van der Waals surface area contributed by atoms with Crippen LogP contribution >= 0.6 is 0 Å². The van der Waals surface area contributed by atoms with E-state index >= 15 is 0 Å². The first-order valence-corrected chi connectivity index (χ1v) is 6.93. The van der Waals surface area contributed by atoms with Crippen molar-refractivity contribution >= 4 is 0 Å². The molecule has 2 aromatic rings. The monoisotopic (exact) mass is 277 g/mol. The molecule has 1 N–H and O–H groups in total. The molecular formula is C15H20FN3O. The first-order chi connectivity index (χ1) is 9.63. The number of aromatic nitrogens is 2. The molecule has 0 radical (unpaired) electrons. The van der Waals surface area contributed by atoms with Crippen molar-refractivity contribution in [2.75, 3.05) is 6.54 Å². The number of rotatable bonds is 7. The Balaban J connectivity index is 1.83. The maximum absolute atomic E-state index is 13.1. The molecule has 0 aliphatic heterocycles. The lowest BCUT2D eigenvalue weighted by atomic mass is 10.1. The summed E-state index contributed by atoms with van der Waals surface area (Å²) in [6.07, 6.45) is 2.21. The standard InChI is InChI=1S/C15H20FN3O/c1-11(2)17-8-4-7-15-18-14(19-20-15)10-12-5-3-6-13(16)9-12/h3,5-6,9,11,17H,4,7-8,10H2,1-2H3. The molecule has 0 spiro atoms. The highest BCUT2D eigenvalue weighted by Crippen LogP contribution is 2.09. The van der Waals surface area contributed by atoms with Crippen LogP contribution in [0.25, 0.3) is 0 Å². The Morgan fingerprint density at radius 2 is 2.20 bits per heavy atom. The summed E-state index contributed by atoms with van der Waals surface area (Å²) < 4.78 is 18.3. The number of benzene rings is 1. The van der Waals surface area contributed by atoms with E-state index in [1.165, 1.54) is 12.1 Å². The molecule has 5 heteroatoms. The van der Waals surface area contributed by atoms with E-state index in [1.807, 2.05) is 6.07 Å². The van der Waals surface area contributed by atoms with Gasteiger partial charge >= 0.3 is 0 Å². The van der Waals surface area contributed by atoms with E-state index in [2.05, 4.69) is 29.3 Å². The summed E-state index contributed by atoms with van der Waals surface area (Å²) in [4.78, 5) is 4.32. The summed E-state index contributed by atoms with van der Waals surface area (Å²) in [6, 6.07) is 6.94. The lowest BCUT2D eigenvalue weighted by Crippen LogP contribution is -2.23. The van der Waals surface area contributed by atoms with Crippen LogP contribution in [0.1, 0.15) is 37.5 Å². The molecule has 4 nitrogen and oxygen atoms in total. The lowest BCUT2D eigenvalue weighted by molar-refractivity contribution is 0.369. The van der Waals surface area contributed by atoms with E-state index < -0.39 is 0 Å². The van der Waals surface area contributed by atoms with Crippen LogP contribution in [-0.4, -0.2) is 22.7 Å². The zero-order valence-corrected chi connectivity index (χ0v) is 11.9. The van der Waals surface area contributed by atoms with Crippen molar-refractivity contribution < 1.29 is 8.91 Å². The van der Waals surface area contributed by atoms with Gasteiger partial charge in [-0.1, -0.05) is 31.1 Å². The minimum Gasteiger partial charge on any atom is -0.339 e. The van der Waals surface area contributed by atoms with E-state index in [0.29, 0.717) is 24.2 Å². The molecule has 0 fully saturated rings. The Hall–Kier alpha value is -1.75. The Morgan fingerprint density at radius 1 is 1.35 bits per heavy atom. The van der Waals surface area contributed by atoms with E-state index in [0.717, 1.165) is 24.9 Å². The summed E-state index contributed by atoms with van der Waals surface area (Å²) in [5.74, 6) is 0.996. The van der Waals surface area contributed by atoms with Crippen LogP contribution in [0.15, 0.2) is 28.8 Å². The van der Waals surface area contributed by atoms with Gasteiger partial charge in [0.15, 0.2) is 5.82 Å². The molecule has 0 saturated heterocycles. The molecule has 0 saturated carbocycles. The van der Waals surface area contributed by atoms with Gasteiger partial charge < -0.3 is 9.84 Å². The number of hydrogen-bond acceptors (Lipinski definition) is 4. The van der Waals surface area contributed by atoms with Crippen molar-refractivity contribution in [1.29, 1.82) is 0 Å². The van der Waals surface area contributed by atoms with Gasteiger partial charge in [0, 0.05) is 18.9 Å². The second-order valence-corrected chi connectivity index (χ2v) is 5.12. The normalized spacial score (nSPS) is 11.2. The summed E-state index contributed by atoms with van der Waals surface area (Å²) in [5.41, 5.74) is 0.846. The molecule has 1 heterocycles. The van der Waals surface area contributed by atoms with E-state index in [1.54, 1.807) is 6.07 Å². The van der Waals surface area contributed by atoms with Gasteiger partial charge in [0.25, 0.3) is 0 Å². The van der Waals surface area contributed by atoms with Crippen LogP contribution < -0.4 is 5.32 Å². The molecular weight excluding hydrogens is 257 g/mol. The van der Waals surface area contributed by atoms with Crippen molar-refractivity contribution in [2.24, 2.45) is 0 Å². The van der Waals surface area contributed by atoms with Crippen LogP contribution in [0.2, 0.25) is 0 Å². The molecule has 108 valence electrons. The molecule has 0 bridgehead atoms. The fourth-order valence-corrected chi connectivity index (χ4v) is 1.92. The SMILES string of the molecule is CC(C)NCCCc1nc(Cc2cccc(F)c2)no1. The van der Waals surface area contributed by atoms with Crippen molar-refractivity contribution in [3.8, 4) is 0 Å². The number of nitrogens with one attached hydrogen (secondary N) is 1. The van der Waals surface area contributed by atoms with Gasteiger partial charge in [0.1, 0.15) is 5.82 Å². The molecule has 2 rings (SSSR count). The minimum absolute atomic E-state index is 0.244. The molecule has 1 aromatic heterocycles. The molecule has 1 aromatic carbocycles. The largest absolute Gasteiger partial charge is 0.339 e. The Morgan fingerprint density at radius 3 is 2.95 bits per heavy atom. The zero-order chi connectivity index (χ0) is 14.4. The third-order valence-corrected chi connectivity index (χ3v) is 2.88. The van der Waals surface area contributed by atoms with E-state index in [4.69, 9.17) is 4.52 Å². The van der Waals surface area contributed by atoms with Crippen LogP contribution in [0.4, 0.5) is 4.39 Å². The number of hydrogen-bond donors (Lipinski definition) is 1. The second-order valence-electron chi connectivity index (χ2n) is 5.12. The summed E-state index contributed by atoms with van der Waals surface area (Å²) >= 11 is 0. The van der Waals surface area contributed by atoms with Gasteiger partial charge in [-0.2, -0.15) is 4.98 Å². The van der Waals surface area contributed by atoms with Crippen LogP contribution in [-0.2, 0) is 12.8 Å². The smallest absolute Gasteiger partial charge is 0.226 e. The average molecular weight is 277 g/mol. The van der Waals surface area contributed by atoms with Crippen LogP contribution in [0.5, 0.6) is 0 Å². The van der Waals surface area contributed by atoms with Gasteiger partial charge in [-0.15, -0.1) is 0 Å². The van der Waals surface area contributed by atoms with Crippen LogP contribution in [0, 0.1) is 5.82 Å². The van der Waals surface area contributed by atoms with Gasteiger partial charge in [0.2, 0.25) is 5.89 Å². The number of nitrogens with zero attached hydrogens (tertiary/aromatic N) is 2. The lowest BCUT2D eigenvalue weighted by Gasteiger charge is -2.05. The third kappa shape index (κ3) is 4.74. The quantitative estimate of drug-likeness (QED) is 0.791. The van der Waals surface area contributed by atoms with Crippen molar-refractivity contribution in [2.45, 2.75) is 39.2 Å². The third-order valence-electron chi connectivity index (χ3n) is 2.88. The van der Waals surface area contributed by atoms with Crippen molar-refractivity contribution in [3.63, 3.8) is 0 Å². The van der Waals surface area contributed by atoms with Crippen molar-refractivity contribution in [1.82, 2.24) is 15.5 Å². The van der Waals surface area contributed by atoms with Gasteiger partial charge in [-0.05, 0) is 30.7 Å². The summed E-state index contributed by atoms with van der Waals surface area (Å²) in [7, 11) is 0. The minimum atomic E-state index is -0.244. The van der Waals surface area contributed by atoms with E-state index in [-0.39, 0.29) is 5.82 Å². The van der Waals surface area contributed by atoms with Gasteiger partial charge in [-0.3, -0.25) is 0 Å². The van der Waals surface area contributed by atoms with Gasteiger partial charge in [0.05, 0.1) is 0 Å². The average Bonchev–Trinajstić information content (AvgIpc) is 2.82. The highest BCUT2D eigenvalue weighted by atomic mass is 19.1. The first kappa shape index (κ1) is 14.7. The zero-order valence-electron chi connectivity index (χ0n) is 11.9. The molecule has 0 atom stereocenters. The number of halogens is 1.